The molecule has 1 aromatic heterocycles. The van der Waals surface area contributed by atoms with Crippen LogP contribution in [0.2, 0.25) is 0 Å². The van der Waals surface area contributed by atoms with Gasteiger partial charge in [-0.2, -0.15) is 0 Å². The molecule has 1 N–H and O–H groups in total. The number of carbonyl (C=O) groups excluding carboxylic acids is 1. The summed E-state index contributed by atoms with van der Waals surface area (Å²) in [6.07, 6.45) is 0. The van der Waals surface area contributed by atoms with Crippen molar-refractivity contribution in [3.05, 3.63) is 71.7 Å². The number of nitrogens with one attached hydrogen (secondary N) is 1. The Bertz CT molecular complexity index is 923. The van der Waals surface area contributed by atoms with E-state index in [1.165, 1.54) is 0 Å². The lowest BCUT2D eigenvalue weighted by Crippen LogP contribution is -2.43. The van der Waals surface area contributed by atoms with E-state index in [0.717, 1.165) is 35.4 Å². The van der Waals surface area contributed by atoms with Gasteiger partial charge in [0.15, 0.2) is 0 Å². The van der Waals surface area contributed by atoms with Gasteiger partial charge in [0.25, 0.3) is 5.91 Å². The first kappa shape index (κ1) is 17.8. The summed E-state index contributed by atoms with van der Waals surface area (Å²) >= 11 is 0. The van der Waals surface area contributed by atoms with Crippen LogP contribution in [-0.2, 0) is 4.74 Å². The van der Waals surface area contributed by atoms with Gasteiger partial charge in [0.2, 0.25) is 0 Å². The largest absolute Gasteiger partial charge is 0.465 e. The van der Waals surface area contributed by atoms with Gasteiger partial charge in [0, 0.05) is 25.2 Å². The molecule has 1 saturated heterocycles. The molecule has 5 heteroatoms. The molecule has 0 saturated carbocycles. The molecule has 0 radical (unpaired) electrons. The molecule has 1 atom stereocenters. The quantitative estimate of drug-likeness (QED) is 0.752. The van der Waals surface area contributed by atoms with Crippen molar-refractivity contribution in [1.82, 2.24) is 10.2 Å². The Labute approximate surface area is 158 Å². The number of ether oxygens (including phenoxy) is 1. The number of rotatable bonds is 5. The molecule has 1 unspecified atom stereocenters. The average molecular weight is 364 g/mol. The average Bonchev–Trinajstić information content (AvgIpc) is 3.14. The first-order valence-corrected chi connectivity index (χ1v) is 9.36. The van der Waals surface area contributed by atoms with Crippen molar-refractivity contribution in [1.29, 1.82) is 0 Å². The molecule has 140 valence electrons. The monoisotopic (exact) mass is 364 g/mol. The van der Waals surface area contributed by atoms with E-state index in [1.807, 2.05) is 61.5 Å². The van der Waals surface area contributed by atoms with Crippen LogP contribution < -0.4 is 5.32 Å². The molecule has 1 aliphatic heterocycles. The Kier molecular flexibility index (Phi) is 5.23. The number of carbonyl (C=O) groups is 1. The summed E-state index contributed by atoms with van der Waals surface area (Å²) in [5.41, 5.74) is 0.699. The van der Waals surface area contributed by atoms with E-state index in [0.29, 0.717) is 25.3 Å². The number of amides is 1. The molecule has 0 aliphatic carbocycles. The van der Waals surface area contributed by atoms with Crippen LogP contribution in [0.15, 0.2) is 59.0 Å². The Morgan fingerprint density at radius 2 is 1.85 bits per heavy atom. The summed E-state index contributed by atoms with van der Waals surface area (Å²) in [7, 11) is 0. The van der Waals surface area contributed by atoms with Crippen molar-refractivity contribution in [2.45, 2.75) is 13.0 Å². The normalized spacial score (nSPS) is 16.3. The maximum absolute atomic E-state index is 12.9. The van der Waals surface area contributed by atoms with E-state index in [2.05, 4.69) is 10.2 Å². The number of furan rings is 1. The van der Waals surface area contributed by atoms with Crippen LogP contribution in [0.4, 0.5) is 0 Å². The van der Waals surface area contributed by atoms with Crippen LogP contribution in [-0.4, -0.2) is 43.7 Å². The Morgan fingerprint density at radius 1 is 1.07 bits per heavy atom. The molecular weight excluding hydrogens is 340 g/mol. The van der Waals surface area contributed by atoms with Gasteiger partial charge in [0.1, 0.15) is 11.5 Å². The number of fused-ring (bicyclic) bond motifs is 1. The third kappa shape index (κ3) is 3.89. The molecule has 5 nitrogen and oxygen atoms in total. The standard InChI is InChI=1S/C22H24N2O3/c1-16-9-10-21(27-16)20(24-11-13-26-14-12-24)15-23-22(25)19-8-4-6-17-5-2-3-7-18(17)19/h2-10,20H,11-15H2,1H3,(H,23,25). The van der Waals surface area contributed by atoms with Crippen molar-refractivity contribution in [3.8, 4) is 0 Å². The molecule has 2 heterocycles. The minimum absolute atomic E-state index is 0.00141. The third-order valence-corrected chi connectivity index (χ3v) is 5.07. The summed E-state index contributed by atoms with van der Waals surface area (Å²) < 4.78 is 11.3. The zero-order valence-corrected chi connectivity index (χ0v) is 15.5. The number of aryl methyl sites for hydroxylation is 1. The minimum Gasteiger partial charge on any atom is -0.465 e. The van der Waals surface area contributed by atoms with Crippen LogP contribution in [0.3, 0.4) is 0 Å². The van der Waals surface area contributed by atoms with Crippen LogP contribution in [0.5, 0.6) is 0 Å². The smallest absolute Gasteiger partial charge is 0.251 e. The second-order valence-corrected chi connectivity index (χ2v) is 6.85. The minimum atomic E-state index is -0.0617. The van der Waals surface area contributed by atoms with E-state index in [9.17, 15) is 4.79 Å². The predicted molar refractivity (Wildman–Crippen MR) is 105 cm³/mol. The Hall–Kier alpha value is -2.63. The van der Waals surface area contributed by atoms with E-state index >= 15 is 0 Å². The highest BCUT2D eigenvalue weighted by molar-refractivity contribution is 6.07. The summed E-state index contributed by atoms with van der Waals surface area (Å²) in [5.74, 6) is 1.70. The van der Waals surface area contributed by atoms with Crippen molar-refractivity contribution in [2.75, 3.05) is 32.8 Å². The molecular formula is C22H24N2O3. The van der Waals surface area contributed by atoms with Crippen LogP contribution in [0, 0.1) is 6.92 Å². The fourth-order valence-electron chi connectivity index (χ4n) is 3.64. The fraction of sp³-hybridized carbons (Fsp3) is 0.318. The lowest BCUT2D eigenvalue weighted by Gasteiger charge is -2.33. The Balaban J connectivity index is 1.53. The van der Waals surface area contributed by atoms with Crippen molar-refractivity contribution in [3.63, 3.8) is 0 Å². The van der Waals surface area contributed by atoms with Gasteiger partial charge in [-0.15, -0.1) is 0 Å². The molecule has 3 aromatic rings. The molecule has 0 spiro atoms. The molecule has 4 rings (SSSR count). The number of hydrogen-bond donors (Lipinski definition) is 1. The molecule has 27 heavy (non-hydrogen) atoms. The number of hydrogen-bond acceptors (Lipinski definition) is 4. The van der Waals surface area contributed by atoms with E-state index in [1.54, 1.807) is 0 Å². The lowest BCUT2D eigenvalue weighted by atomic mass is 10.0. The van der Waals surface area contributed by atoms with Crippen molar-refractivity contribution in [2.24, 2.45) is 0 Å². The second kappa shape index (κ2) is 7.94. The third-order valence-electron chi connectivity index (χ3n) is 5.07. The molecule has 0 bridgehead atoms. The second-order valence-electron chi connectivity index (χ2n) is 6.85. The van der Waals surface area contributed by atoms with Gasteiger partial charge in [-0.3, -0.25) is 9.69 Å². The first-order chi connectivity index (χ1) is 13.2. The van der Waals surface area contributed by atoms with Gasteiger partial charge in [-0.05, 0) is 35.9 Å². The van der Waals surface area contributed by atoms with E-state index < -0.39 is 0 Å². The van der Waals surface area contributed by atoms with Crippen molar-refractivity contribution < 1.29 is 13.9 Å². The van der Waals surface area contributed by atoms with Crippen LogP contribution in [0.25, 0.3) is 10.8 Å². The zero-order chi connectivity index (χ0) is 18.6. The van der Waals surface area contributed by atoms with Gasteiger partial charge >= 0.3 is 0 Å². The maximum Gasteiger partial charge on any atom is 0.251 e. The van der Waals surface area contributed by atoms with Gasteiger partial charge in [-0.1, -0.05) is 36.4 Å². The molecule has 1 amide bonds. The predicted octanol–water partition coefficient (Wildman–Crippen LogP) is 3.54. The summed E-state index contributed by atoms with van der Waals surface area (Å²) in [6.45, 7) is 5.49. The number of benzene rings is 2. The summed E-state index contributed by atoms with van der Waals surface area (Å²) in [5, 5.41) is 5.15. The van der Waals surface area contributed by atoms with Gasteiger partial charge < -0.3 is 14.5 Å². The van der Waals surface area contributed by atoms with E-state index in [4.69, 9.17) is 9.15 Å². The first-order valence-electron chi connectivity index (χ1n) is 9.36. The maximum atomic E-state index is 12.9. The summed E-state index contributed by atoms with van der Waals surface area (Å²) in [6, 6.07) is 17.7. The van der Waals surface area contributed by atoms with Gasteiger partial charge in [-0.25, -0.2) is 0 Å². The highest BCUT2D eigenvalue weighted by Crippen LogP contribution is 2.24. The van der Waals surface area contributed by atoms with E-state index in [-0.39, 0.29) is 11.9 Å². The zero-order valence-electron chi connectivity index (χ0n) is 15.5. The van der Waals surface area contributed by atoms with Crippen LogP contribution in [0.1, 0.15) is 27.9 Å². The molecule has 1 aliphatic rings. The lowest BCUT2D eigenvalue weighted by molar-refractivity contribution is 0.0117. The molecule has 2 aromatic carbocycles. The number of morpholine rings is 1. The highest BCUT2D eigenvalue weighted by Gasteiger charge is 2.26. The topological polar surface area (TPSA) is 54.7 Å². The molecule has 1 fully saturated rings. The van der Waals surface area contributed by atoms with Crippen molar-refractivity contribution >= 4 is 16.7 Å². The summed E-state index contributed by atoms with van der Waals surface area (Å²) in [4.78, 5) is 15.2. The van der Waals surface area contributed by atoms with Gasteiger partial charge in [0.05, 0.1) is 19.3 Å². The fourth-order valence-corrected chi connectivity index (χ4v) is 3.64. The SMILES string of the molecule is Cc1ccc(C(CNC(=O)c2cccc3ccccc23)N2CCOCC2)o1. The van der Waals surface area contributed by atoms with Crippen LogP contribution >= 0.6 is 0 Å². The number of nitrogens with zero attached hydrogens (tertiary/aromatic N) is 1. The Morgan fingerprint density at radius 3 is 2.63 bits per heavy atom. The highest BCUT2D eigenvalue weighted by atomic mass is 16.5.